The summed E-state index contributed by atoms with van der Waals surface area (Å²) in [5.41, 5.74) is 11.8. The van der Waals surface area contributed by atoms with Crippen LogP contribution in [0.2, 0.25) is 0 Å². The van der Waals surface area contributed by atoms with E-state index in [4.69, 9.17) is 20.9 Å². The first-order chi connectivity index (χ1) is 7.65. The molecule has 16 heavy (non-hydrogen) atoms. The third-order valence-corrected chi connectivity index (χ3v) is 1.96. The molecular weight excluding hydrogens is 204 g/mol. The average Bonchev–Trinajstić information content (AvgIpc) is 2.30. The maximum atomic E-state index is 5.83. The minimum atomic E-state index is 0.101. The monoisotopic (exact) mass is 226 g/mol. The van der Waals surface area contributed by atoms with Gasteiger partial charge in [0, 0.05) is 6.54 Å². The zero-order valence-electron chi connectivity index (χ0n) is 10.1. The van der Waals surface area contributed by atoms with Crippen LogP contribution in [-0.4, -0.2) is 26.4 Å². The molecule has 0 spiro atoms. The minimum Gasteiger partial charge on any atom is -0.495 e. The molecule has 4 nitrogen and oxygen atoms in total. The van der Waals surface area contributed by atoms with Crippen LogP contribution in [0.25, 0.3) is 0 Å². The molecule has 0 saturated carbocycles. The first-order valence-electron chi connectivity index (χ1n) is 5.30. The fraction of sp³-hybridized carbons (Fsp3) is 0.500. The van der Waals surface area contributed by atoms with E-state index < -0.39 is 0 Å². The topological polar surface area (TPSA) is 70.5 Å². The fourth-order valence-corrected chi connectivity index (χ4v) is 1.12. The molecule has 0 aliphatic rings. The lowest BCUT2D eigenvalue weighted by molar-refractivity contribution is 0.0740. The first-order valence-corrected chi connectivity index (χ1v) is 5.30. The molecule has 0 rings (SSSR count). The molecule has 0 radical (unpaired) electrons. The molecule has 0 aliphatic carbocycles. The molecule has 0 aromatic heterocycles. The van der Waals surface area contributed by atoms with Crippen molar-refractivity contribution in [2.75, 3.05) is 20.3 Å². The van der Waals surface area contributed by atoms with Gasteiger partial charge in [-0.2, -0.15) is 0 Å². The number of ether oxygens (including phenoxy) is 2. The van der Waals surface area contributed by atoms with Crippen LogP contribution in [0.3, 0.4) is 0 Å². The molecule has 0 saturated heterocycles. The van der Waals surface area contributed by atoms with Gasteiger partial charge in [-0.25, -0.2) is 0 Å². The van der Waals surface area contributed by atoms with Crippen LogP contribution >= 0.6 is 0 Å². The zero-order valence-corrected chi connectivity index (χ0v) is 10.1. The van der Waals surface area contributed by atoms with Gasteiger partial charge < -0.3 is 20.9 Å². The Balaban J connectivity index is 4.20. The van der Waals surface area contributed by atoms with Crippen LogP contribution in [0.4, 0.5) is 0 Å². The molecule has 92 valence electrons. The van der Waals surface area contributed by atoms with E-state index >= 15 is 0 Å². The Kier molecular flexibility index (Phi) is 8.29. The van der Waals surface area contributed by atoms with Gasteiger partial charge in [-0.15, -0.1) is 0 Å². The predicted molar refractivity (Wildman–Crippen MR) is 66.6 cm³/mol. The molecule has 1 unspecified atom stereocenters. The van der Waals surface area contributed by atoms with Crippen molar-refractivity contribution in [1.82, 2.24) is 0 Å². The largest absolute Gasteiger partial charge is 0.495 e. The summed E-state index contributed by atoms with van der Waals surface area (Å²) in [5, 5.41) is 0. The summed E-state index contributed by atoms with van der Waals surface area (Å²) in [7, 11) is 1.57. The summed E-state index contributed by atoms with van der Waals surface area (Å²) in [4.78, 5) is 0. The molecule has 0 aromatic rings. The van der Waals surface area contributed by atoms with E-state index in [0.717, 1.165) is 6.42 Å². The Hall–Kier alpha value is -1.26. The Morgan fingerprint density at radius 2 is 2.19 bits per heavy atom. The smallest absolute Gasteiger partial charge is 0.141 e. The molecule has 0 aliphatic heterocycles. The maximum Gasteiger partial charge on any atom is 0.141 e. The van der Waals surface area contributed by atoms with Gasteiger partial charge in [0.05, 0.1) is 25.5 Å². The van der Waals surface area contributed by atoms with Crippen LogP contribution < -0.4 is 11.5 Å². The van der Waals surface area contributed by atoms with Crippen LogP contribution in [0.5, 0.6) is 0 Å². The van der Waals surface area contributed by atoms with Gasteiger partial charge in [-0.05, 0) is 19.4 Å². The van der Waals surface area contributed by atoms with Crippen LogP contribution in [0, 0.1) is 0 Å². The normalized spacial score (nSPS) is 14.7. The summed E-state index contributed by atoms with van der Waals surface area (Å²) in [6, 6.07) is 0. The molecule has 0 aromatic carbocycles. The van der Waals surface area contributed by atoms with E-state index in [1.165, 1.54) is 0 Å². The van der Waals surface area contributed by atoms with Gasteiger partial charge in [0.25, 0.3) is 0 Å². The molecule has 1 atom stereocenters. The second-order valence-electron chi connectivity index (χ2n) is 3.34. The number of allylic oxidation sites excluding steroid dienone is 2. The van der Waals surface area contributed by atoms with Crippen molar-refractivity contribution in [2.45, 2.75) is 19.4 Å². The zero-order chi connectivity index (χ0) is 12.4. The van der Waals surface area contributed by atoms with Gasteiger partial charge in [0.2, 0.25) is 0 Å². The number of nitrogens with two attached hydrogens (primary N) is 2. The van der Waals surface area contributed by atoms with E-state index in [1.54, 1.807) is 19.3 Å². The van der Waals surface area contributed by atoms with E-state index in [0.29, 0.717) is 24.6 Å². The Bertz CT molecular complexity index is 260. The molecule has 0 heterocycles. The predicted octanol–water partition coefficient (Wildman–Crippen LogP) is 1.30. The SMILES string of the molecule is C=C/C=C(OC)\C(N)=C/CC(C)OCCN. The second-order valence-corrected chi connectivity index (χ2v) is 3.34. The standard InChI is InChI=1S/C12H22N2O2/c1-4-5-12(15-3)11(14)7-6-10(2)16-9-8-13/h4-5,7,10H,1,6,8-9,13-14H2,2-3H3/b11-7+,12-5+. The molecule has 0 amide bonds. The van der Waals surface area contributed by atoms with Gasteiger partial charge in [0.15, 0.2) is 0 Å². The van der Waals surface area contributed by atoms with Crippen molar-refractivity contribution >= 4 is 0 Å². The average molecular weight is 226 g/mol. The van der Waals surface area contributed by atoms with Crippen molar-refractivity contribution in [3.8, 4) is 0 Å². The van der Waals surface area contributed by atoms with Gasteiger partial charge in [-0.1, -0.05) is 18.7 Å². The number of methoxy groups -OCH3 is 1. The second kappa shape index (κ2) is 9.00. The minimum absolute atomic E-state index is 0.101. The van der Waals surface area contributed by atoms with E-state index in [2.05, 4.69) is 6.58 Å². The van der Waals surface area contributed by atoms with Crippen molar-refractivity contribution in [2.24, 2.45) is 11.5 Å². The summed E-state index contributed by atoms with van der Waals surface area (Å²) in [6.07, 6.45) is 6.05. The summed E-state index contributed by atoms with van der Waals surface area (Å²) < 4.78 is 10.5. The highest BCUT2D eigenvalue weighted by Gasteiger charge is 2.02. The highest BCUT2D eigenvalue weighted by Crippen LogP contribution is 2.08. The highest BCUT2D eigenvalue weighted by molar-refractivity contribution is 5.25. The Labute approximate surface area is 97.6 Å². The summed E-state index contributed by atoms with van der Waals surface area (Å²) in [6.45, 7) is 6.66. The van der Waals surface area contributed by atoms with Crippen molar-refractivity contribution in [3.05, 3.63) is 36.3 Å². The van der Waals surface area contributed by atoms with Crippen molar-refractivity contribution < 1.29 is 9.47 Å². The van der Waals surface area contributed by atoms with Crippen LogP contribution in [-0.2, 0) is 9.47 Å². The highest BCUT2D eigenvalue weighted by atomic mass is 16.5. The third-order valence-electron chi connectivity index (χ3n) is 1.96. The van der Waals surface area contributed by atoms with Gasteiger partial charge in [0.1, 0.15) is 5.76 Å². The lowest BCUT2D eigenvalue weighted by Crippen LogP contribution is -2.15. The van der Waals surface area contributed by atoms with Gasteiger partial charge >= 0.3 is 0 Å². The maximum absolute atomic E-state index is 5.83. The van der Waals surface area contributed by atoms with Crippen LogP contribution in [0.15, 0.2) is 36.3 Å². The van der Waals surface area contributed by atoms with Gasteiger partial charge in [-0.3, -0.25) is 0 Å². The molecular formula is C12H22N2O2. The Morgan fingerprint density at radius 1 is 1.50 bits per heavy atom. The number of rotatable bonds is 8. The van der Waals surface area contributed by atoms with Crippen molar-refractivity contribution in [1.29, 1.82) is 0 Å². The molecule has 4 N–H and O–H groups in total. The number of hydrogen-bond donors (Lipinski definition) is 2. The van der Waals surface area contributed by atoms with Crippen LogP contribution in [0.1, 0.15) is 13.3 Å². The lowest BCUT2D eigenvalue weighted by atomic mass is 10.2. The molecule has 0 bridgehead atoms. The summed E-state index contributed by atoms with van der Waals surface area (Å²) in [5.74, 6) is 0.612. The quantitative estimate of drug-likeness (QED) is 0.483. The number of hydrogen-bond acceptors (Lipinski definition) is 4. The fourth-order valence-electron chi connectivity index (χ4n) is 1.12. The lowest BCUT2D eigenvalue weighted by Gasteiger charge is -2.11. The van der Waals surface area contributed by atoms with E-state index in [9.17, 15) is 0 Å². The third kappa shape index (κ3) is 6.27. The molecule has 4 heteroatoms. The van der Waals surface area contributed by atoms with E-state index in [-0.39, 0.29) is 6.10 Å². The Morgan fingerprint density at radius 3 is 2.69 bits per heavy atom. The molecule has 0 fully saturated rings. The van der Waals surface area contributed by atoms with Crippen molar-refractivity contribution in [3.63, 3.8) is 0 Å². The van der Waals surface area contributed by atoms with E-state index in [1.807, 2.05) is 13.0 Å². The first kappa shape index (κ1) is 14.7. The summed E-state index contributed by atoms with van der Waals surface area (Å²) >= 11 is 0.